The van der Waals surface area contributed by atoms with Crippen LogP contribution in [0.25, 0.3) is 0 Å². The molecule has 0 saturated carbocycles. The summed E-state index contributed by atoms with van der Waals surface area (Å²) in [4.78, 5) is 11.8. The normalized spacial score (nSPS) is 11.7. The number of methoxy groups -OCH3 is 4. The molecule has 1 rings (SSSR count). The molecule has 1 aromatic rings. The molecule has 0 aliphatic carbocycles. The maximum Gasteiger partial charge on any atom is 0.239 e. The van der Waals surface area contributed by atoms with E-state index in [9.17, 15) is 4.79 Å². The van der Waals surface area contributed by atoms with Crippen LogP contribution in [0.15, 0.2) is 12.1 Å². The molecule has 0 aromatic heterocycles. The number of carbonyl (C=O) groups is 1. The van der Waals surface area contributed by atoms with Gasteiger partial charge in [0.1, 0.15) is 11.8 Å². The zero-order valence-electron chi connectivity index (χ0n) is 12.8. The van der Waals surface area contributed by atoms with Gasteiger partial charge in [-0.15, -0.1) is 0 Å². The number of rotatable bonds is 8. The van der Waals surface area contributed by atoms with Gasteiger partial charge < -0.3 is 30.0 Å². The Morgan fingerprint density at radius 2 is 1.67 bits per heavy atom. The van der Waals surface area contributed by atoms with Gasteiger partial charge in [-0.2, -0.15) is 0 Å². The van der Waals surface area contributed by atoms with Gasteiger partial charge in [-0.3, -0.25) is 4.79 Å². The number of benzene rings is 1. The standard InChI is InChI=1S/C14H22N2O5/c1-18-8-10(15)14(17)16-7-9-5-12(20-3)13(21-4)6-11(9)19-2/h5-6,10H,7-8,15H2,1-4H3,(H,16,17). The van der Waals surface area contributed by atoms with E-state index in [0.717, 1.165) is 5.56 Å². The summed E-state index contributed by atoms with van der Waals surface area (Å²) in [5.74, 6) is 1.41. The third kappa shape index (κ3) is 4.51. The first-order valence-corrected chi connectivity index (χ1v) is 6.38. The summed E-state index contributed by atoms with van der Waals surface area (Å²) in [6.07, 6.45) is 0. The Kier molecular flexibility index (Phi) is 6.77. The minimum atomic E-state index is -0.707. The van der Waals surface area contributed by atoms with Crippen LogP contribution in [-0.4, -0.2) is 47.0 Å². The highest BCUT2D eigenvalue weighted by Gasteiger charge is 2.15. The Hall–Kier alpha value is -1.99. The fraction of sp³-hybridized carbons (Fsp3) is 0.500. The summed E-state index contributed by atoms with van der Waals surface area (Å²) >= 11 is 0. The summed E-state index contributed by atoms with van der Waals surface area (Å²) in [5.41, 5.74) is 6.41. The van der Waals surface area contributed by atoms with Crippen molar-refractivity contribution in [2.45, 2.75) is 12.6 Å². The molecule has 0 spiro atoms. The molecule has 3 N–H and O–H groups in total. The van der Waals surface area contributed by atoms with Gasteiger partial charge in [-0.05, 0) is 6.07 Å². The van der Waals surface area contributed by atoms with Crippen LogP contribution in [0.1, 0.15) is 5.56 Å². The van der Waals surface area contributed by atoms with Crippen LogP contribution in [-0.2, 0) is 16.1 Å². The second kappa shape index (κ2) is 8.33. The quantitative estimate of drug-likeness (QED) is 0.717. The third-order valence-corrected chi connectivity index (χ3v) is 2.92. The molecule has 0 bridgehead atoms. The van der Waals surface area contributed by atoms with Crippen molar-refractivity contribution in [1.82, 2.24) is 5.32 Å². The minimum absolute atomic E-state index is 0.162. The molecular weight excluding hydrogens is 276 g/mol. The van der Waals surface area contributed by atoms with Gasteiger partial charge >= 0.3 is 0 Å². The van der Waals surface area contributed by atoms with Gasteiger partial charge in [0.05, 0.1) is 27.9 Å². The molecular formula is C14H22N2O5. The van der Waals surface area contributed by atoms with Crippen LogP contribution in [0.4, 0.5) is 0 Å². The molecule has 1 amide bonds. The van der Waals surface area contributed by atoms with Crippen LogP contribution >= 0.6 is 0 Å². The van der Waals surface area contributed by atoms with Gasteiger partial charge in [-0.1, -0.05) is 0 Å². The van der Waals surface area contributed by atoms with Crippen molar-refractivity contribution in [3.05, 3.63) is 17.7 Å². The maximum atomic E-state index is 11.8. The van der Waals surface area contributed by atoms with Gasteiger partial charge in [0.25, 0.3) is 0 Å². The molecule has 7 nitrogen and oxygen atoms in total. The highest BCUT2D eigenvalue weighted by Crippen LogP contribution is 2.34. The maximum absolute atomic E-state index is 11.8. The molecule has 21 heavy (non-hydrogen) atoms. The number of carbonyl (C=O) groups excluding carboxylic acids is 1. The summed E-state index contributed by atoms with van der Waals surface area (Å²) < 4.78 is 20.6. The highest BCUT2D eigenvalue weighted by molar-refractivity contribution is 5.81. The Morgan fingerprint density at radius 3 is 2.19 bits per heavy atom. The van der Waals surface area contributed by atoms with E-state index in [0.29, 0.717) is 17.2 Å². The molecule has 0 heterocycles. The van der Waals surface area contributed by atoms with Crippen molar-refractivity contribution in [2.24, 2.45) is 5.73 Å². The minimum Gasteiger partial charge on any atom is -0.496 e. The monoisotopic (exact) mass is 298 g/mol. The number of hydrogen-bond acceptors (Lipinski definition) is 6. The lowest BCUT2D eigenvalue weighted by Gasteiger charge is -2.16. The Labute approximate surface area is 124 Å². The lowest BCUT2D eigenvalue weighted by molar-refractivity contribution is -0.123. The van der Waals surface area contributed by atoms with Gasteiger partial charge in [0, 0.05) is 25.3 Å². The van der Waals surface area contributed by atoms with Crippen LogP contribution in [0.5, 0.6) is 17.2 Å². The van der Waals surface area contributed by atoms with Crippen LogP contribution < -0.4 is 25.3 Å². The summed E-state index contributed by atoms with van der Waals surface area (Å²) in [6.45, 7) is 0.425. The Morgan fingerprint density at radius 1 is 1.10 bits per heavy atom. The zero-order valence-corrected chi connectivity index (χ0v) is 12.8. The molecule has 0 aliphatic rings. The van der Waals surface area contributed by atoms with Gasteiger partial charge in [-0.25, -0.2) is 0 Å². The third-order valence-electron chi connectivity index (χ3n) is 2.92. The van der Waals surface area contributed by atoms with Crippen molar-refractivity contribution in [3.63, 3.8) is 0 Å². The number of amides is 1. The predicted molar refractivity (Wildman–Crippen MR) is 77.8 cm³/mol. The smallest absolute Gasteiger partial charge is 0.239 e. The molecule has 0 saturated heterocycles. The van der Waals surface area contributed by atoms with E-state index in [1.165, 1.54) is 7.11 Å². The molecule has 1 unspecified atom stereocenters. The number of hydrogen-bond donors (Lipinski definition) is 2. The Balaban J connectivity index is 2.84. The van der Waals surface area contributed by atoms with Gasteiger partial charge in [0.15, 0.2) is 11.5 Å². The van der Waals surface area contributed by atoms with Gasteiger partial charge in [0.2, 0.25) is 5.91 Å². The Bertz CT molecular complexity index is 479. The first kappa shape index (κ1) is 17.1. The SMILES string of the molecule is COCC(N)C(=O)NCc1cc(OC)c(OC)cc1OC. The second-order valence-electron chi connectivity index (χ2n) is 4.30. The van der Waals surface area contributed by atoms with E-state index >= 15 is 0 Å². The van der Waals surface area contributed by atoms with Crippen LogP contribution in [0.3, 0.4) is 0 Å². The zero-order chi connectivity index (χ0) is 15.8. The van der Waals surface area contributed by atoms with Crippen molar-refractivity contribution in [1.29, 1.82) is 0 Å². The first-order valence-electron chi connectivity index (χ1n) is 6.38. The van der Waals surface area contributed by atoms with Crippen molar-refractivity contribution in [2.75, 3.05) is 35.0 Å². The number of nitrogens with two attached hydrogens (primary N) is 1. The topological polar surface area (TPSA) is 92.0 Å². The molecule has 0 aliphatic heterocycles. The first-order chi connectivity index (χ1) is 10.1. The molecule has 118 valence electrons. The van der Waals surface area contributed by atoms with E-state index in [1.807, 2.05) is 0 Å². The van der Waals surface area contributed by atoms with E-state index < -0.39 is 6.04 Å². The van der Waals surface area contributed by atoms with Crippen LogP contribution in [0.2, 0.25) is 0 Å². The molecule has 0 fully saturated rings. The van der Waals surface area contributed by atoms with Crippen molar-refractivity contribution >= 4 is 5.91 Å². The van der Waals surface area contributed by atoms with Crippen LogP contribution in [0, 0.1) is 0 Å². The molecule has 1 atom stereocenters. The van der Waals surface area contributed by atoms with E-state index in [4.69, 9.17) is 24.7 Å². The average Bonchev–Trinajstić information content (AvgIpc) is 2.51. The molecule has 1 aromatic carbocycles. The number of nitrogens with one attached hydrogen (secondary N) is 1. The lowest BCUT2D eigenvalue weighted by atomic mass is 10.1. The predicted octanol–water partition coefficient (Wildman–Crippen LogP) is 0.302. The molecule has 0 radical (unpaired) electrons. The lowest BCUT2D eigenvalue weighted by Crippen LogP contribution is -2.43. The fourth-order valence-electron chi connectivity index (χ4n) is 1.80. The van der Waals surface area contributed by atoms with Crippen molar-refractivity contribution < 1.29 is 23.7 Å². The highest BCUT2D eigenvalue weighted by atomic mass is 16.5. The number of ether oxygens (including phenoxy) is 4. The summed E-state index contributed by atoms with van der Waals surface area (Å²) in [5, 5.41) is 2.73. The summed E-state index contributed by atoms with van der Waals surface area (Å²) in [6, 6.07) is 2.75. The van der Waals surface area contributed by atoms with E-state index in [1.54, 1.807) is 33.5 Å². The second-order valence-corrected chi connectivity index (χ2v) is 4.30. The van der Waals surface area contributed by atoms with E-state index in [-0.39, 0.29) is 19.1 Å². The average molecular weight is 298 g/mol. The largest absolute Gasteiger partial charge is 0.496 e. The fourth-order valence-corrected chi connectivity index (χ4v) is 1.80. The summed E-state index contributed by atoms with van der Waals surface area (Å²) in [7, 11) is 6.12. The molecule has 7 heteroatoms. The van der Waals surface area contributed by atoms with Crippen molar-refractivity contribution in [3.8, 4) is 17.2 Å². The van der Waals surface area contributed by atoms with E-state index in [2.05, 4.69) is 5.32 Å².